The molecule has 142 valence electrons. The molecular formula is C21H24N2O4. The van der Waals surface area contributed by atoms with Crippen molar-refractivity contribution in [2.45, 2.75) is 32.2 Å². The van der Waals surface area contributed by atoms with Crippen LogP contribution in [0.4, 0.5) is 0 Å². The molecule has 6 nitrogen and oxygen atoms in total. The number of carboxylic acids is 1. The van der Waals surface area contributed by atoms with Crippen molar-refractivity contribution in [1.29, 1.82) is 0 Å². The van der Waals surface area contributed by atoms with Gasteiger partial charge in [0.25, 0.3) is 5.91 Å². The minimum absolute atomic E-state index is 0.0365. The van der Waals surface area contributed by atoms with Gasteiger partial charge >= 0.3 is 5.97 Å². The average molecular weight is 368 g/mol. The Morgan fingerprint density at radius 2 is 1.48 bits per heavy atom. The Morgan fingerprint density at radius 1 is 0.778 bits per heavy atom. The molecule has 2 amide bonds. The second kappa shape index (κ2) is 10.8. The van der Waals surface area contributed by atoms with Gasteiger partial charge in [0.2, 0.25) is 5.91 Å². The first kappa shape index (κ1) is 20.2. The number of aromatic carboxylic acids is 1. The van der Waals surface area contributed by atoms with Crippen molar-refractivity contribution in [3.05, 3.63) is 71.3 Å². The summed E-state index contributed by atoms with van der Waals surface area (Å²) in [6.45, 7) is 0.969. The number of carbonyl (C=O) groups is 3. The van der Waals surface area contributed by atoms with Gasteiger partial charge in [-0.1, -0.05) is 36.8 Å². The molecule has 0 aliphatic heterocycles. The molecule has 0 aromatic heterocycles. The summed E-state index contributed by atoms with van der Waals surface area (Å²) in [5.41, 5.74) is 1.73. The van der Waals surface area contributed by atoms with Gasteiger partial charge in [-0.2, -0.15) is 0 Å². The summed E-state index contributed by atoms with van der Waals surface area (Å²) in [7, 11) is 0. The van der Waals surface area contributed by atoms with Gasteiger partial charge in [0, 0.05) is 25.1 Å². The van der Waals surface area contributed by atoms with Gasteiger partial charge in [-0.3, -0.25) is 9.59 Å². The Morgan fingerprint density at radius 3 is 2.15 bits per heavy atom. The third-order valence-electron chi connectivity index (χ3n) is 4.09. The van der Waals surface area contributed by atoms with Crippen molar-refractivity contribution in [2.75, 3.05) is 6.54 Å². The second-order valence-electron chi connectivity index (χ2n) is 6.21. The molecule has 0 saturated carbocycles. The van der Waals surface area contributed by atoms with Gasteiger partial charge < -0.3 is 15.7 Å². The van der Waals surface area contributed by atoms with E-state index >= 15 is 0 Å². The number of hydrogen-bond donors (Lipinski definition) is 3. The van der Waals surface area contributed by atoms with E-state index in [0.717, 1.165) is 24.8 Å². The predicted molar refractivity (Wildman–Crippen MR) is 102 cm³/mol. The van der Waals surface area contributed by atoms with Crippen LogP contribution >= 0.6 is 0 Å². The number of nitrogens with one attached hydrogen (secondary N) is 2. The summed E-state index contributed by atoms with van der Waals surface area (Å²) in [5, 5.41) is 14.5. The maximum Gasteiger partial charge on any atom is 0.335 e. The molecule has 27 heavy (non-hydrogen) atoms. The van der Waals surface area contributed by atoms with E-state index in [-0.39, 0.29) is 17.4 Å². The molecule has 2 aromatic rings. The van der Waals surface area contributed by atoms with Crippen molar-refractivity contribution in [3.8, 4) is 0 Å². The van der Waals surface area contributed by atoms with Crippen LogP contribution in [0.15, 0.2) is 54.6 Å². The van der Waals surface area contributed by atoms with Crippen LogP contribution in [0.2, 0.25) is 0 Å². The van der Waals surface area contributed by atoms with Crippen LogP contribution < -0.4 is 10.6 Å². The van der Waals surface area contributed by atoms with Crippen LogP contribution in [-0.2, 0) is 11.3 Å². The van der Waals surface area contributed by atoms with E-state index in [1.807, 2.05) is 18.2 Å². The van der Waals surface area contributed by atoms with E-state index in [0.29, 0.717) is 25.1 Å². The lowest BCUT2D eigenvalue weighted by Crippen LogP contribution is -2.24. The van der Waals surface area contributed by atoms with E-state index in [1.54, 1.807) is 24.3 Å². The van der Waals surface area contributed by atoms with Crippen LogP contribution in [0, 0.1) is 0 Å². The minimum atomic E-state index is -0.967. The molecule has 0 saturated heterocycles. The molecule has 0 spiro atoms. The van der Waals surface area contributed by atoms with Gasteiger partial charge in [-0.25, -0.2) is 4.79 Å². The Hall–Kier alpha value is -3.15. The van der Waals surface area contributed by atoms with Crippen LogP contribution in [0.5, 0.6) is 0 Å². The van der Waals surface area contributed by atoms with Gasteiger partial charge in [0.05, 0.1) is 5.56 Å². The van der Waals surface area contributed by atoms with Crippen molar-refractivity contribution in [2.24, 2.45) is 0 Å². The standard InChI is InChI=1S/C21H24N2O4/c24-19(23-15-16-10-12-18(13-11-16)21(26)27)9-5-2-6-14-22-20(25)17-7-3-1-4-8-17/h1,3-4,7-8,10-13H,2,5-6,9,14-15H2,(H,22,25)(H,23,24)(H,26,27). The fraction of sp³-hybridized carbons (Fsp3) is 0.286. The zero-order valence-corrected chi connectivity index (χ0v) is 15.1. The third-order valence-corrected chi connectivity index (χ3v) is 4.09. The zero-order valence-electron chi connectivity index (χ0n) is 15.1. The third kappa shape index (κ3) is 7.32. The normalized spacial score (nSPS) is 10.2. The quantitative estimate of drug-likeness (QED) is 0.562. The van der Waals surface area contributed by atoms with Crippen LogP contribution in [0.25, 0.3) is 0 Å². The molecule has 2 aromatic carbocycles. The molecule has 0 aliphatic rings. The molecule has 0 fully saturated rings. The molecule has 0 aliphatic carbocycles. The molecule has 0 heterocycles. The maximum atomic E-state index is 11.9. The van der Waals surface area contributed by atoms with Crippen LogP contribution in [0.3, 0.4) is 0 Å². The second-order valence-corrected chi connectivity index (χ2v) is 6.21. The van der Waals surface area contributed by atoms with E-state index < -0.39 is 5.97 Å². The number of carboxylic acid groups (broad SMARTS) is 1. The molecule has 0 atom stereocenters. The monoisotopic (exact) mass is 368 g/mol. The van der Waals surface area contributed by atoms with Gasteiger partial charge in [0.1, 0.15) is 0 Å². The molecule has 0 radical (unpaired) electrons. The minimum Gasteiger partial charge on any atom is -0.478 e. The van der Waals surface area contributed by atoms with Crippen LogP contribution in [-0.4, -0.2) is 29.4 Å². The molecule has 2 rings (SSSR count). The highest BCUT2D eigenvalue weighted by molar-refractivity contribution is 5.94. The molecular weight excluding hydrogens is 344 g/mol. The highest BCUT2D eigenvalue weighted by Crippen LogP contribution is 2.05. The molecule has 6 heteroatoms. The van der Waals surface area contributed by atoms with E-state index in [2.05, 4.69) is 10.6 Å². The number of benzene rings is 2. The SMILES string of the molecule is O=C(CCCCCNC(=O)c1ccccc1)NCc1ccc(C(=O)O)cc1. The fourth-order valence-electron chi connectivity index (χ4n) is 2.54. The first-order valence-electron chi connectivity index (χ1n) is 8.98. The summed E-state index contributed by atoms with van der Waals surface area (Å²) in [4.78, 5) is 34.5. The Labute approximate surface area is 158 Å². The summed E-state index contributed by atoms with van der Waals surface area (Å²) in [6, 6.07) is 15.5. The number of carbonyl (C=O) groups excluding carboxylic acids is 2. The Balaban J connectivity index is 1.54. The molecule has 0 unspecified atom stereocenters. The first-order valence-corrected chi connectivity index (χ1v) is 8.98. The number of hydrogen-bond acceptors (Lipinski definition) is 3. The Bertz CT molecular complexity index is 758. The summed E-state index contributed by atoms with van der Waals surface area (Å²) in [5.74, 6) is -1.08. The topological polar surface area (TPSA) is 95.5 Å². The average Bonchev–Trinajstić information content (AvgIpc) is 2.69. The number of amides is 2. The number of unbranched alkanes of at least 4 members (excludes halogenated alkanes) is 2. The van der Waals surface area contributed by atoms with Crippen molar-refractivity contribution < 1.29 is 19.5 Å². The van der Waals surface area contributed by atoms with Crippen molar-refractivity contribution in [3.63, 3.8) is 0 Å². The number of rotatable bonds is 10. The summed E-state index contributed by atoms with van der Waals surface area (Å²) < 4.78 is 0. The lowest BCUT2D eigenvalue weighted by atomic mass is 10.1. The first-order chi connectivity index (χ1) is 13.1. The van der Waals surface area contributed by atoms with E-state index in [4.69, 9.17) is 5.11 Å². The van der Waals surface area contributed by atoms with E-state index in [9.17, 15) is 14.4 Å². The van der Waals surface area contributed by atoms with E-state index in [1.165, 1.54) is 12.1 Å². The smallest absolute Gasteiger partial charge is 0.335 e. The summed E-state index contributed by atoms with van der Waals surface area (Å²) >= 11 is 0. The molecule has 0 bridgehead atoms. The van der Waals surface area contributed by atoms with Crippen molar-refractivity contribution >= 4 is 17.8 Å². The summed E-state index contributed by atoms with van der Waals surface area (Å²) in [6.07, 6.45) is 2.86. The lowest BCUT2D eigenvalue weighted by Gasteiger charge is -2.07. The van der Waals surface area contributed by atoms with Gasteiger partial charge in [-0.15, -0.1) is 0 Å². The van der Waals surface area contributed by atoms with Gasteiger partial charge in [0.15, 0.2) is 0 Å². The molecule has 3 N–H and O–H groups in total. The fourth-order valence-corrected chi connectivity index (χ4v) is 2.54. The Kier molecular flexibility index (Phi) is 8.03. The highest BCUT2D eigenvalue weighted by Gasteiger charge is 2.05. The van der Waals surface area contributed by atoms with Crippen LogP contribution in [0.1, 0.15) is 52.0 Å². The highest BCUT2D eigenvalue weighted by atomic mass is 16.4. The predicted octanol–water partition coefficient (Wildman–Crippen LogP) is 2.99. The maximum absolute atomic E-state index is 11.9. The largest absolute Gasteiger partial charge is 0.478 e. The van der Waals surface area contributed by atoms with Gasteiger partial charge in [-0.05, 0) is 42.7 Å². The lowest BCUT2D eigenvalue weighted by molar-refractivity contribution is -0.121. The zero-order chi connectivity index (χ0) is 19.5. The van der Waals surface area contributed by atoms with Crippen molar-refractivity contribution in [1.82, 2.24) is 10.6 Å².